The number of nitrogen functional groups attached to an aromatic ring is 1. The number of hydrogen-bond donors (Lipinski definition) is 2. The van der Waals surface area contributed by atoms with Crippen LogP contribution in [-0.4, -0.2) is 26.1 Å². The van der Waals surface area contributed by atoms with Crippen molar-refractivity contribution in [3.05, 3.63) is 36.4 Å². The molecule has 1 atom stereocenters. The van der Waals surface area contributed by atoms with Crippen molar-refractivity contribution in [2.24, 2.45) is 5.14 Å². The zero-order valence-corrected chi connectivity index (χ0v) is 12.0. The molecule has 1 heterocycles. The van der Waals surface area contributed by atoms with E-state index >= 15 is 0 Å². The lowest BCUT2D eigenvalue weighted by atomic mass is 10.1. The lowest BCUT2D eigenvalue weighted by Gasteiger charge is -2.19. The summed E-state index contributed by atoms with van der Waals surface area (Å²) in [6.07, 6.45) is -0.0953. The Labute approximate surface area is 122 Å². The number of fused-ring (bicyclic) bond motifs is 1. The molecule has 0 aromatic heterocycles. The number of benzene rings is 2. The molecule has 6 nitrogen and oxygen atoms in total. The number of amides is 1. The number of carbonyl (C=O) groups excluding carboxylic acids is 1. The summed E-state index contributed by atoms with van der Waals surface area (Å²) in [6, 6.07) is 11.0. The third-order valence-corrected chi connectivity index (χ3v) is 5.00. The molecule has 3 rings (SSSR count). The van der Waals surface area contributed by atoms with Gasteiger partial charge in [-0.3, -0.25) is 4.79 Å². The SMILES string of the molecule is Nc1cccc2cccc(N3CC(S(N)(=O)=O)CC3=O)c12. The molecule has 0 aliphatic carbocycles. The van der Waals surface area contributed by atoms with E-state index in [0.29, 0.717) is 11.4 Å². The molecule has 2 aromatic rings. The van der Waals surface area contributed by atoms with Crippen LogP contribution in [0.2, 0.25) is 0 Å². The van der Waals surface area contributed by atoms with E-state index in [1.807, 2.05) is 24.3 Å². The van der Waals surface area contributed by atoms with Gasteiger partial charge in [0.25, 0.3) is 0 Å². The van der Waals surface area contributed by atoms with Gasteiger partial charge in [0, 0.05) is 24.0 Å². The summed E-state index contributed by atoms with van der Waals surface area (Å²) >= 11 is 0. The predicted octanol–water partition coefficient (Wildman–Crippen LogP) is 0.816. The lowest BCUT2D eigenvalue weighted by molar-refractivity contribution is -0.117. The van der Waals surface area contributed by atoms with Crippen LogP contribution in [0.1, 0.15) is 6.42 Å². The van der Waals surface area contributed by atoms with Crippen LogP contribution in [0.4, 0.5) is 11.4 Å². The highest BCUT2D eigenvalue weighted by molar-refractivity contribution is 7.89. The number of nitrogens with zero attached hydrogens (tertiary/aromatic N) is 1. The van der Waals surface area contributed by atoms with Gasteiger partial charge in [-0.2, -0.15) is 0 Å². The van der Waals surface area contributed by atoms with Crippen molar-refractivity contribution in [2.75, 3.05) is 17.2 Å². The van der Waals surface area contributed by atoms with Gasteiger partial charge in [0.1, 0.15) is 5.25 Å². The van der Waals surface area contributed by atoms with Crippen LogP contribution < -0.4 is 15.8 Å². The first-order valence-electron chi connectivity index (χ1n) is 6.47. The van der Waals surface area contributed by atoms with E-state index in [-0.39, 0.29) is 18.9 Å². The number of sulfonamides is 1. The molecule has 1 saturated heterocycles. The molecule has 4 N–H and O–H groups in total. The van der Waals surface area contributed by atoms with Gasteiger partial charge in [-0.1, -0.05) is 24.3 Å². The first-order valence-corrected chi connectivity index (χ1v) is 8.08. The molecule has 7 heteroatoms. The smallest absolute Gasteiger partial charge is 0.228 e. The molecule has 1 aliphatic rings. The summed E-state index contributed by atoms with van der Waals surface area (Å²) in [7, 11) is -3.73. The number of carbonyl (C=O) groups is 1. The summed E-state index contributed by atoms with van der Waals surface area (Å²) in [6.45, 7) is 0.0606. The Bertz CT molecular complexity index is 827. The van der Waals surface area contributed by atoms with Crippen molar-refractivity contribution in [3.8, 4) is 0 Å². The maximum atomic E-state index is 12.2. The number of nitrogens with two attached hydrogens (primary N) is 2. The molecule has 0 radical (unpaired) electrons. The van der Waals surface area contributed by atoms with Gasteiger partial charge in [-0.25, -0.2) is 13.6 Å². The second-order valence-electron chi connectivity index (χ2n) is 5.14. The van der Waals surface area contributed by atoms with Crippen molar-refractivity contribution in [1.82, 2.24) is 0 Å². The van der Waals surface area contributed by atoms with E-state index in [1.54, 1.807) is 12.1 Å². The standard InChI is InChI=1S/C14H15N3O3S/c15-11-5-1-3-9-4-2-6-12(14(9)11)17-8-10(7-13(17)18)21(16,19)20/h1-6,10H,7-8,15H2,(H2,16,19,20). The van der Waals surface area contributed by atoms with E-state index in [9.17, 15) is 13.2 Å². The topological polar surface area (TPSA) is 106 Å². The van der Waals surface area contributed by atoms with Gasteiger partial charge in [0.15, 0.2) is 0 Å². The summed E-state index contributed by atoms with van der Waals surface area (Å²) < 4.78 is 22.9. The molecular formula is C14H15N3O3S. The summed E-state index contributed by atoms with van der Waals surface area (Å²) in [4.78, 5) is 13.6. The summed E-state index contributed by atoms with van der Waals surface area (Å²) in [5, 5.41) is 5.94. The average molecular weight is 305 g/mol. The first kappa shape index (κ1) is 13.8. The monoisotopic (exact) mass is 305 g/mol. The molecule has 0 saturated carbocycles. The van der Waals surface area contributed by atoms with Crippen molar-refractivity contribution in [1.29, 1.82) is 0 Å². The molecule has 1 fully saturated rings. The average Bonchev–Trinajstić information content (AvgIpc) is 2.80. The quantitative estimate of drug-likeness (QED) is 0.801. The Hall–Kier alpha value is -2.12. The van der Waals surface area contributed by atoms with E-state index in [0.717, 1.165) is 10.8 Å². The molecule has 0 spiro atoms. The minimum Gasteiger partial charge on any atom is -0.398 e. The van der Waals surface area contributed by atoms with Gasteiger partial charge >= 0.3 is 0 Å². The summed E-state index contributed by atoms with van der Waals surface area (Å²) in [5.41, 5.74) is 7.19. The fourth-order valence-corrected chi connectivity index (χ4v) is 3.43. The van der Waals surface area contributed by atoms with Crippen LogP contribution in [0.5, 0.6) is 0 Å². The van der Waals surface area contributed by atoms with E-state index in [2.05, 4.69) is 0 Å². The predicted molar refractivity (Wildman–Crippen MR) is 82.2 cm³/mol. The highest BCUT2D eigenvalue weighted by atomic mass is 32.2. The first-order chi connectivity index (χ1) is 9.88. The molecule has 0 bridgehead atoms. The Morgan fingerprint density at radius 3 is 2.43 bits per heavy atom. The molecule has 110 valence electrons. The van der Waals surface area contributed by atoms with Gasteiger partial charge in [0.05, 0.1) is 5.69 Å². The molecule has 1 amide bonds. The Morgan fingerprint density at radius 1 is 1.14 bits per heavy atom. The molecule has 2 aromatic carbocycles. The normalized spacial score (nSPS) is 19.4. The highest BCUT2D eigenvalue weighted by Gasteiger charge is 2.37. The fraction of sp³-hybridized carbons (Fsp3) is 0.214. The van der Waals surface area contributed by atoms with Crippen LogP contribution in [0.3, 0.4) is 0 Å². The second kappa shape index (κ2) is 4.71. The van der Waals surface area contributed by atoms with Gasteiger partial charge in [0.2, 0.25) is 15.9 Å². The van der Waals surface area contributed by atoms with Crippen LogP contribution in [0.25, 0.3) is 10.8 Å². The van der Waals surface area contributed by atoms with Gasteiger partial charge < -0.3 is 10.6 Å². The van der Waals surface area contributed by atoms with E-state index < -0.39 is 15.3 Å². The summed E-state index contributed by atoms with van der Waals surface area (Å²) in [5.74, 6) is -0.259. The molecule has 1 aliphatic heterocycles. The Balaban J connectivity index is 2.12. The minimum atomic E-state index is -3.73. The number of hydrogen-bond acceptors (Lipinski definition) is 4. The number of rotatable bonds is 2. The number of anilines is 2. The van der Waals surface area contributed by atoms with Crippen molar-refractivity contribution in [2.45, 2.75) is 11.7 Å². The molecular weight excluding hydrogens is 290 g/mol. The van der Waals surface area contributed by atoms with Crippen molar-refractivity contribution in [3.63, 3.8) is 0 Å². The second-order valence-corrected chi connectivity index (χ2v) is 6.99. The fourth-order valence-electron chi connectivity index (χ4n) is 2.70. The van der Waals surface area contributed by atoms with Crippen LogP contribution >= 0.6 is 0 Å². The lowest BCUT2D eigenvalue weighted by Crippen LogP contribution is -2.32. The molecule has 21 heavy (non-hydrogen) atoms. The zero-order chi connectivity index (χ0) is 15.2. The van der Waals surface area contributed by atoms with E-state index in [4.69, 9.17) is 10.9 Å². The van der Waals surface area contributed by atoms with Crippen molar-refractivity contribution >= 4 is 38.1 Å². The minimum absolute atomic E-state index is 0.0606. The van der Waals surface area contributed by atoms with Crippen LogP contribution in [0, 0.1) is 0 Å². The van der Waals surface area contributed by atoms with E-state index in [1.165, 1.54) is 4.90 Å². The maximum absolute atomic E-state index is 12.2. The van der Waals surface area contributed by atoms with Crippen LogP contribution in [-0.2, 0) is 14.8 Å². The van der Waals surface area contributed by atoms with Gasteiger partial charge in [-0.05, 0) is 17.5 Å². The zero-order valence-electron chi connectivity index (χ0n) is 11.2. The molecule has 1 unspecified atom stereocenters. The highest BCUT2D eigenvalue weighted by Crippen LogP contribution is 2.34. The van der Waals surface area contributed by atoms with Crippen molar-refractivity contribution < 1.29 is 13.2 Å². The Kier molecular flexibility index (Phi) is 3.11. The van der Waals surface area contributed by atoms with Crippen LogP contribution in [0.15, 0.2) is 36.4 Å². The third kappa shape index (κ3) is 2.34. The maximum Gasteiger partial charge on any atom is 0.228 e. The third-order valence-electron chi connectivity index (χ3n) is 3.76. The Morgan fingerprint density at radius 2 is 1.81 bits per heavy atom. The number of primary sulfonamides is 1. The largest absolute Gasteiger partial charge is 0.398 e. The van der Waals surface area contributed by atoms with Gasteiger partial charge in [-0.15, -0.1) is 0 Å².